The highest BCUT2D eigenvalue weighted by Crippen LogP contribution is 2.18. The average Bonchev–Trinajstić information content (AvgIpc) is 3.40. The van der Waals surface area contributed by atoms with Crippen LogP contribution in [0.5, 0.6) is 0 Å². The topological polar surface area (TPSA) is 95.9 Å². The van der Waals surface area contributed by atoms with Crippen LogP contribution in [-0.2, 0) is 14.3 Å². The molecule has 0 aromatic rings. The molecule has 6 nitrogen and oxygen atoms in total. The first-order valence-corrected chi connectivity index (χ1v) is 33.6. The van der Waals surface area contributed by atoms with E-state index in [0.29, 0.717) is 19.4 Å². The molecule has 2 unspecified atom stereocenters. The quantitative estimate of drug-likeness (QED) is 0.0320. The predicted octanol–water partition coefficient (Wildman–Crippen LogP) is 21.4. The summed E-state index contributed by atoms with van der Waals surface area (Å²) in [4.78, 5) is 24.6. The maximum Gasteiger partial charge on any atom is 0.305 e. The molecule has 2 atom stereocenters. The third kappa shape index (κ3) is 59.6. The molecule has 438 valence electrons. The van der Waals surface area contributed by atoms with Crippen molar-refractivity contribution in [1.29, 1.82) is 0 Å². The van der Waals surface area contributed by atoms with Gasteiger partial charge in [0.2, 0.25) is 5.91 Å². The number of hydrogen-bond donors (Lipinski definition) is 3. The molecule has 0 aromatic carbocycles. The van der Waals surface area contributed by atoms with Gasteiger partial charge in [-0.25, -0.2) is 0 Å². The Bertz CT molecular complexity index is 1150. The monoisotopic (exact) mass is 1040 g/mol. The minimum absolute atomic E-state index is 0.00739. The van der Waals surface area contributed by atoms with E-state index in [1.54, 1.807) is 6.08 Å². The number of carbonyl (C=O) groups excluding carboxylic acids is 2. The zero-order valence-corrected chi connectivity index (χ0v) is 50.1. The van der Waals surface area contributed by atoms with Crippen molar-refractivity contribution in [1.82, 2.24) is 5.32 Å². The molecule has 0 rings (SSSR count). The zero-order valence-electron chi connectivity index (χ0n) is 50.1. The van der Waals surface area contributed by atoms with Crippen molar-refractivity contribution in [3.63, 3.8) is 0 Å². The molecule has 0 aliphatic carbocycles. The molecule has 6 heteroatoms. The Kier molecular flexibility index (Phi) is 62.4. The summed E-state index contributed by atoms with van der Waals surface area (Å²) in [5.74, 6) is -0.0590. The van der Waals surface area contributed by atoms with E-state index in [2.05, 4.69) is 31.3 Å². The Morgan fingerprint density at radius 3 is 0.959 bits per heavy atom. The summed E-state index contributed by atoms with van der Waals surface area (Å²) >= 11 is 0. The molecule has 0 radical (unpaired) electrons. The summed E-state index contributed by atoms with van der Waals surface area (Å²) < 4.78 is 5.50. The summed E-state index contributed by atoms with van der Waals surface area (Å²) in [7, 11) is 0. The largest absolute Gasteiger partial charge is 0.466 e. The minimum atomic E-state index is -0.847. The number of rotatable bonds is 63. The van der Waals surface area contributed by atoms with E-state index in [1.807, 2.05) is 6.08 Å². The Morgan fingerprint density at radius 1 is 0.365 bits per heavy atom. The Morgan fingerprint density at radius 2 is 0.635 bits per heavy atom. The van der Waals surface area contributed by atoms with Gasteiger partial charge in [-0.2, -0.15) is 0 Å². The molecule has 3 N–H and O–H groups in total. The van der Waals surface area contributed by atoms with Crippen molar-refractivity contribution in [2.24, 2.45) is 0 Å². The molecular formula is C68H131NO5. The lowest BCUT2D eigenvalue weighted by molar-refractivity contribution is -0.143. The first-order valence-electron chi connectivity index (χ1n) is 33.6. The van der Waals surface area contributed by atoms with Crippen molar-refractivity contribution < 1.29 is 24.5 Å². The zero-order chi connectivity index (χ0) is 53.6. The second-order valence-corrected chi connectivity index (χ2v) is 23.2. The molecule has 0 fully saturated rings. The van der Waals surface area contributed by atoms with E-state index in [0.717, 1.165) is 44.9 Å². The van der Waals surface area contributed by atoms with Crippen LogP contribution < -0.4 is 5.32 Å². The van der Waals surface area contributed by atoms with Gasteiger partial charge in [0.1, 0.15) is 0 Å². The number of allylic oxidation sites excluding steroid dienone is 3. The van der Waals surface area contributed by atoms with Gasteiger partial charge in [0.05, 0.1) is 25.4 Å². The van der Waals surface area contributed by atoms with E-state index in [4.69, 9.17) is 4.74 Å². The Balaban J connectivity index is 3.41. The van der Waals surface area contributed by atoms with Crippen LogP contribution in [0.2, 0.25) is 0 Å². The van der Waals surface area contributed by atoms with Crippen molar-refractivity contribution in [2.45, 2.75) is 386 Å². The fourth-order valence-corrected chi connectivity index (χ4v) is 10.6. The minimum Gasteiger partial charge on any atom is -0.466 e. The molecule has 0 spiro atoms. The van der Waals surface area contributed by atoms with Gasteiger partial charge in [-0.05, 0) is 57.8 Å². The van der Waals surface area contributed by atoms with Gasteiger partial charge in [0, 0.05) is 12.8 Å². The number of hydrogen-bond acceptors (Lipinski definition) is 5. The van der Waals surface area contributed by atoms with E-state index in [9.17, 15) is 19.8 Å². The maximum absolute atomic E-state index is 12.5. The lowest BCUT2D eigenvalue weighted by Gasteiger charge is -2.20. The number of aliphatic hydroxyl groups excluding tert-OH is 2. The van der Waals surface area contributed by atoms with Gasteiger partial charge in [0.15, 0.2) is 0 Å². The van der Waals surface area contributed by atoms with Crippen LogP contribution in [0.4, 0.5) is 0 Å². The van der Waals surface area contributed by atoms with Crippen LogP contribution in [0.3, 0.4) is 0 Å². The van der Waals surface area contributed by atoms with E-state index in [-0.39, 0.29) is 18.5 Å². The molecule has 74 heavy (non-hydrogen) atoms. The first-order chi connectivity index (χ1) is 36.5. The van der Waals surface area contributed by atoms with Crippen molar-refractivity contribution in [3.05, 3.63) is 24.3 Å². The van der Waals surface area contributed by atoms with Crippen molar-refractivity contribution in [2.75, 3.05) is 13.2 Å². The second-order valence-electron chi connectivity index (χ2n) is 23.2. The lowest BCUT2D eigenvalue weighted by Crippen LogP contribution is -2.45. The van der Waals surface area contributed by atoms with Crippen LogP contribution in [0.15, 0.2) is 24.3 Å². The van der Waals surface area contributed by atoms with E-state index in [1.165, 1.54) is 302 Å². The van der Waals surface area contributed by atoms with Gasteiger partial charge in [-0.3, -0.25) is 9.59 Å². The third-order valence-corrected chi connectivity index (χ3v) is 15.7. The van der Waals surface area contributed by atoms with Crippen LogP contribution >= 0.6 is 0 Å². The molecule has 0 saturated heterocycles. The smallest absolute Gasteiger partial charge is 0.305 e. The molecular weight excluding hydrogens is 911 g/mol. The average molecular weight is 1040 g/mol. The number of nitrogens with one attached hydrogen (secondary N) is 1. The second kappa shape index (κ2) is 63.9. The SMILES string of the molecule is CCCCCCCC/C=C\CCCCCCCCCC(=O)OCCCCCCCCCCCCCCCCCCCCCCC(=O)NC(CO)C(O)/C=C/CCCCCCCCCCCCCCCCCCCC. The highest BCUT2D eigenvalue weighted by atomic mass is 16.5. The fourth-order valence-electron chi connectivity index (χ4n) is 10.6. The molecule has 0 aliphatic heterocycles. The highest BCUT2D eigenvalue weighted by molar-refractivity contribution is 5.76. The van der Waals surface area contributed by atoms with Crippen LogP contribution in [0.25, 0.3) is 0 Å². The Labute approximate surface area is 462 Å². The standard InChI is InChI=1S/C68H131NO5/c1-3-5-7-9-11-13-15-17-19-21-22-25-29-32-36-40-44-48-52-56-60-66(71)65(64-70)69-67(72)61-57-53-49-45-41-37-33-30-26-23-24-27-31-35-39-43-47-51-55-59-63-74-68(73)62-58-54-50-46-42-38-34-28-20-18-16-14-12-10-8-6-4-2/h18,20,56,60,65-66,70-71H,3-17,19,21-55,57-59,61-64H2,1-2H3,(H,69,72)/b20-18-,60-56+. The van der Waals surface area contributed by atoms with Gasteiger partial charge < -0.3 is 20.3 Å². The van der Waals surface area contributed by atoms with Gasteiger partial charge in [0.25, 0.3) is 0 Å². The number of unbranched alkanes of at least 4 members (excludes halogenated alkanes) is 50. The summed E-state index contributed by atoms with van der Waals surface area (Å²) in [6.07, 6.45) is 79.4. The number of ether oxygens (including phenoxy) is 1. The summed E-state index contributed by atoms with van der Waals surface area (Å²) in [6.45, 7) is 4.93. The van der Waals surface area contributed by atoms with Crippen LogP contribution in [0, 0.1) is 0 Å². The van der Waals surface area contributed by atoms with Crippen LogP contribution in [-0.4, -0.2) is 47.4 Å². The number of carbonyl (C=O) groups is 2. The molecule has 0 bridgehead atoms. The fraction of sp³-hybridized carbons (Fsp3) is 0.912. The number of amides is 1. The molecule has 1 amide bonds. The van der Waals surface area contributed by atoms with Crippen molar-refractivity contribution in [3.8, 4) is 0 Å². The summed E-state index contributed by atoms with van der Waals surface area (Å²) in [6, 6.07) is -0.630. The molecule has 0 saturated carbocycles. The summed E-state index contributed by atoms with van der Waals surface area (Å²) in [5, 5.41) is 23.2. The van der Waals surface area contributed by atoms with Crippen LogP contribution in [0.1, 0.15) is 373 Å². The Hall–Kier alpha value is -1.66. The third-order valence-electron chi connectivity index (χ3n) is 15.7. The normalized spacial score (nSPS) is 12.6. The predicted molar refractivity (Wildman–Crippen MR) is 324 cm³/mol. The van der Waals surface area contributed by atoms with E-state index < -0.39 is 12.1 Å². The van der Waals surface area contributed by atoms with Crippen molar-refractivity contribution >= 4 is 11.9 Å². The maximum atomic E-state index is 12.5. The highest BCUT2D eigenvalue weighted by Gasteiger charge is 2.18. The molecule has 0 heterocycles. The van der Waals surface area contributed by atoms with Gasteiger partial charge >= 0.3 is 5.97 Å². The molecule has 0 aromatic heterocycles. The number of esters is 1. The number of aliphatic hydroxyl groups is 2. The lowest BCUT2D eigenvalue weighted by atomic mass is 10.0. The van der Waals surface area contributed by atoms with Gasteiger partial charge in [-0.15, -0.1) is 0 Å². The van der Waals surface area contributed by atoms with E-state index >= 15 is 0 Å². The first kappa shape index (κ1) is 72.3. The molecule has 0 aliphatic rings. The summed E-state index contributed by atoms with van der Waals surface area (Å²) in [5.41, 5.74) is 0. The van der Waals surface area contributed by atoms with Gasteiger partial charge in [-0.1, -0.05) is 327 Å².